The van der Waals surface area contributed by atoms with Gasteiger partial charge >= 0.3 is 0 Å². The largest absolute Gasteiger partial charge is 0.115 e. The Labute approximate surface area is 135 Å². The van der Waals surface area contributed by atoms with Gasteiger partial charge in [0.2, 0.25) is 0 Å². The summed E-state index contributed by atoms with van der Waals surface area (Å²) in [7, 11) is 0. The first-order valence-corrected chi connectivity index (χ1v) is 6.58. The van der Waals surface area contributed by atoms with Gasteiger partial charge in [-0.3, -0.25) is 0 Å². The maximum Gasteiger partial charge on any atom is 0.0267 e. The topological polar surface area (TPSA) is 0 Å². The van der Waals surface area contributed by atoms with Gasteiger partial charge in [-0.2, -0.15) is 0 Å². The molecule has 110 valence electrons. The molecular weight excluding hydrogens is 264 g/mol. The number of rotatable bonds is 0. The number of aryl methyl sites for hydroxylation is 3. The van der Waals surface area contributed by atoms with Gasteiger partial charge in [-0.05, 0) is 39.0 Å². The standard InChI is InChI=1S/C12H6.C9H12.CH4/c1-4-10-7-11(5-2)9-12(6-3)8-10;1-7-4-8(2)6-9(3)5-7;/h1-3,7-9H;4-6H,1-3H3;1H4. The van der Waals surface area contributed by atoms with Gasteiger partial charge in [-0.15, -0.1) is 19.3 Å². The summed E-state index contributed by atoms with van der Waals surface area (Å²) in [5, 5.41) is 0. The van der Waals surface area contributed by atoms with Gasteiger partial charge < -0.3 is 0 Å². The van der Waals surface area contributed by atoms with Crippen LogP contribution in [0.25, 0.3) is 0 Å². The molecule has 0 aliphatic carbocycles. The van der Waals surface area contributed by atoms with Gasteiger partial charge in [0.1, 0.15) is 0 Å². The van der Waals surface area contributed by atoms with Crippen LogP contribution in [0.3, 0.4) is 0 Å². The Balaban J connectivity index is 0.000000397. The van der Waals surface area contributed by atoms with Crippen LogP contribution in [-0.2, 0) is 0 Å². The maximum atomic E-state index is 5.21. The average Bonchev–Trinajstić information content (AvgIpc) is 2.45. The lowest BCUT2D eigenvalue weighted by atomic mass is 10.1. The third-order valence-corrected chi connectivity index (χ3v) is 2.80. The Morgan fingerprint density at radius 3 is 0.955 bits per heavy atom. The lowest BCUT2D eigenvalue weighted by Gasteiger charge is -1.96. The summed E-state index contributed by atoms with van der Waals surface area (Å²) in [5.41, 5.74) is 6.22. The van der Waals surface area contributed by atoms with Crippen LogP contribution in [0, 0.1) is 57.8 Å². The van der Waals surface area contributed by atoms with E-state index < -0.39 is 0 Å². The fraction of sp³-hybridized carbons (Fsp3) is 0.182. The van der Waals surface area contributed by atoms with E-state index in [-0.39, 0.29) is 7.43 Å². The molecule has 0 aliphatic heterocycles. The third kappa shape index (κ3) is 6.05. The molecule has 2 rings (SSSR count). The Kier molecular flexibility index (Phi) is 7.93. The molecule has 0 amide bonds. The molecule has 0 saturated heterocycles. The third-order valence-electron chi connectivity index (χ3n) is 2.80. The fourth-order valence-corrected chi connectivity index (χ4v) is 2.08. The van der Waals surface area contributed by atoms with Crippen LogP contribution in [0.2, 0.25) is 0 Å². The Morgan fingerprint density at radius 2 is 0.773 bits per heavy atom. The van der Waals surface area contributed by atoms with Crippen molar-refractivity contribution >= 4 is 0 Å². The van der Waals surface area contributed by atoms with Crippen molar-refractivity contribution in [1.29, 1.82) is 0 Å². The average molecular weight is 286 g/mol. The second-order valence-electron chi connectivity index (χ2n) is 4.90. The zero-order valence-corrected chi connectivity index (χ0v) is 12.7. The van der Waals surface area contributed by atoms with Crippen molar-refractivity contribution < 1.29 is 0 Å². The second-order valence-corrected chi connectivity index (χ2v) is 4.90. The van der Waals surface area contributed by atoms with Gasteiger partial charge in [0.25, 0.3) is 0 Å². The van der Waals surface area contributed by atoms with E-state index in [0.29, 0.717) is 0 Å². The van der Waals surface area contributed by atoms with E-state index in [1.54, 1.807) is 18.2 Å². The van der Waals surface area contributed by atoms with E-state index in [0.717, 1.165) is 16.7 Å². The summed E-state index contributed by atoms with van der Waals surface area (Å²) in [6.45, 7) is 6.38. The molecule has 0 aromatic heterocycles. The Morgan fingerprint density at radius 1 is 0.545 bits per heavy atom. The Hall–Kier alpha value is -2.88. The predicted molar refractivity (Wildman–Crippen MR) is 97.6 cm³/mol. The van der Waals surface area contributed by atoms with Crippen LogP contribution < -0.4 is 0 Å². The zero-order chi connectivity index (χ0) is 15.8. The second kappa shape index (κ2) is 9.13. The molecule has 0 N–H and O–H groups in total. The molecule has 2 aromatic carbocycles. The van der Waals surface area contributed by atoms with Crippen LogP contribution in [0.1, 0.15) is 40.8 Å². The number of benzene rings is 2. The molecule has 0 unspecified atom stereocenters. The van der Waals surface area contributed by atoms with Gasteiger partial charge in [0, 0.05) is 16.7 Å². The van der Waals surface area contributed by atoms with Gasteiger partial charge in [-0.1, -0.05) is 60.1 Å². The zero-order valence-electron chi connectivity index (χ0n) is 12.7. The van der Waals surface area contributed by atoms with E-state index in [1.165, 1.54) is 16.7 Å². The van der Waals surface area contributed by atoms with Crippen molar-refractivity contribution in [3.8, 4) is 37.0 Å². The summed E-state index contributed by atoms with van der Waals surface area (Å²) in [6, 6.07) is 11.8. The lowest BCUT2D eigenvalue weighted by molar-refractivity contribution is 1.32. The SMILES string of the molecule is C.C#Cc1cc(C#C)cc(C#C)c1.Cc1cc(C)cc(C)c1. The van der Waals surface area contributed by atoms with Crippen LogP contribution in [-0.4, -0.2) is 0 Å². The van der Waals surface area contributed by atoms with Crippen LogP contribution in [0.15, 0.2) is 36.4 Å². The molecule has 0 fully saturated rings. The summed E-state index contributed by atoms with van der Waals surface area (Å²) >= 11 is 0. The quantitative estimate of drug-likeness (QED) is 0.606. The van der Waals surface area contributed by atoms with E-state index in [9.17, 15) is 0 Å². The van der Waals surface area contributed by atoms with Crippen molar-refractivity contribution in [3.05, 3.63) is 69.8 Å². The van der Waals surface area contributed by atoms with Crippen molar-refractivity contribution in [3.63, 3.8) is 0 Å². The normalized spacial score (nSPS) is 8.18. The summed E-state index contributed by atoms with van der Waals surface area (Å²) < 4.78 is 0. The van der Waals surface area contributed by atoms with Crippen molar-refractivity contribution in [2.75, 3.05) is 0 Å². The van der Waals surface area contributed by atoms with E-state index in [2.05, 4.69) is 56.7 Å². The highest BCUT2D eigenvalue weighted by Gasteiger charge is 1.94. The molecule has 0 spiro atoms. The van der Waals surface area contributed by atoms with E-state index in [1.807, 2.05) is 0 Å². The molecule has 0 aliphatic rings. The summed E-state index contributed by atoms with van der Waals surface area (Å²) in [4.78, 5) is 0. The monoisotopic (exact) mass is 286 g/mol. The molecule has 0 atom stereocenters. The van der Waals surface area contributed by atoms with Crippen molar-refractivity contribution in [2.45, 2.75) is 28.2 Å². The first-order valence-electron chi connectivity index (χ1n) is 6.58. The summed E-state index contributed by atoms with van der Waals surface area (Å²) in [6.07, 6.45) is 15.6. The first-order chi connectivity index (χ1) is 9.98. The lowest BCUT2D eigenvalue weighted by Crippen LogP contribution is -1.82. The number of hydrogen-bond donors (Lipinski definition) is 0. The molecule has 0 bridgehead atoms. The van der Waals surface area contributed by atoms with Gasteiger partial charge in [0.05, 0.1) is 0 Å². The molecule has 22 heavy (non-hydrogen) atoms. The van der Waals surface area contributed by atoms with Gasteiger partial charge in [-0.25, -0.2) is 0 Å². The Bertz CT molecular complexity index is 627. The van der Waals surface area contributed by atoms with Crippen LogP contribution in [0.5, 0.6) is 0 Å². The molecule has 2 aromatic rings. The molecule has 0 saturated carbocycles. The molecule has 0 heterocycles. The highest BCUT2D eigenvalue weighted by atomic mass is 14.0. The first kappa shape index (κ1) is 19.1. The molecule has 0 heteroatoms. The van der Waals surface area contributed by atoms with Crippen LogP contribution in [0.4, 0.5) is 0 Å². The minimum Gasteiger partial charge on any atom is -0.115 e. The predicted octanol–water partition coefficient (Wildman–Crippen LogP) is 4.88. The molecular formula is C22H22. The minimum atomic E-state index is 0. The van der Waals surface area contributed by atoms with Crippen LogP contribution >= 0.6 is 0 Å². The maximum absolute atomic E-state index is 5.21. The van der Waals surface area contributed by atoms with Gasteiger partial charge in [0.15, 0.2) is 0 Å². The summed E-state index contributed by atoms with van der Waals surface area (Å²) in [5.74, 6) is 7.46. The minimum absolute atomic E-state index is 0. The molecule has 0 radical (unpaired) electrons. The smallest absolute Gasteiger partial charge is 0.0267 e. The fourth-order valence-electron chi connectivity index (χ4n) is 2.08. The number of terminal acetylenes is 3. The van der Waals surface area contributed by atoms with Crippen molar-refractivity contribution in [1.82, 2.24) is 0 Å². The van der Waals surface area contributed by atoms with E-state index >= 15 is 0 Å². The molecule has 0 nitrogen and oxygen atoms in total. The highest BCUT2D eigenvalue weighted by molar-refractivity contribution is 5.49. The highest BCUT2D eigenvalue weighted by Crippen LogP contribution is 2.07. The van der Waals surface area contributed by atoms with E-state index in [4.69, 9.17) is 19.3 Å². The number of hydrogen-bond acceptors (Lipinski definition) is 0. The van der Waals surface area contributed by atoms with Crippen molar-refractivity contribution in [2.24, 2.45) is 0 Å².